The minimum atomic E-state index is -1.24. The maximum Gasteiger partial charge on any atom is 0.340 e. The Morgan fingerprint density at radius 3 is 2.70 bits per heavy atom. The van der Waals surface area contributed by atoms with Crippen molar-refractivity contribution in [2.75, 3.05) is 6.61 Å². The van der Waals surface area contributed by atoms with Crippen LogP contribution in [0, 0.1) is 11.6 Å². The zero-order chi connectivity index (χ0) is 17.0. The van der Waals surface area contributed by atoms with Crippen LogP contribution in [0.15, 0.2) is 34.9 Å². The van der Waals surface area contributed by atoms with E-state index in [1.807, 2.05) is 0 Å². The topological polar surface area (TPSA) is 68.5 Å². The number of ether oxygens (including phenoxy) is 1. The molecule has 8 heteroatoms. The fourth-order valence-corrected chi connectivity index (χ4v) is 2.01. The van der Waals surface area contributed by atoms with Crippen molar-refractivity contribution in [2.45, 2.75) is 13.0 Å². The molecule has 0 unspecified atom stereocenters. The summed E-state index contributed by atoms with van der Waals surface area (Å²) in [4.78, 5) is 23.4. The van der Waals surface area contributed by atoms with Gasteiger partial charge in [-0.3, -0.25) is 4.79 Å². The van der Waals surface area contributed by atoms with Crippen LogP contribution in [-0.4, -0.2) is 18.5 Å². The molecule has 1 N–H and O–H groups in total. The fraction of sp³-hybridized carbons (Fsp3) is 0.200. The lowest BCUT2D eigenvalue weighted by molar-refractivity contribution is -0.125. The van der Waals surface area contributed by atoms with Crippen LogP contribution in [0.1, 0.15) is 29.1 Å². The van der Waals surface area contributed by atoms with Crippen molar-refractivity contribution < 1.29 is 27.5 Å². The van der Waals surface area contributed by atoms with Crippen LogP contribution in [0.4, 0.5) is 8.78 Å². The number of rotatable bonds is 5. The summed E-state index contributed by atoms with van der Waals surface area (Å²) in [6.07, 6.45) is 1.46. The van der Waals surface area contributed by atoms with E-state index in [9.17, 15) is 18.4 Å². The Morgan fingerprint density at radius 1 is 1.35 bits per heavy atom. The van der Waals surface area contributed by atoms with Crippen molar-refractivity contribution in [3.8, 4) is 0 Å². The number of halogens is 3. The second-order valence-corrected chi connectivity index (χ2v) is 5.03. The third-order valence-corrected chi connectivity index (χ3v) is 3.22. The molecule has 1 atom stereocenters. The molecule has 122 valence electrons. The third kappa shape index (κ3) is 4.29. The first kappa shape index (κ1) is 17.0. The Balaban J connectivity index is 1.91. The summed E-state index contributed by atoms with van der Waals surface area (Å²) in [5.74, 6) is -3.50. The largest absolute Gasteiger partial charge is 0.467 e. The Morgan fingerprint density at radius 2 is 2.04 bits per heavy atom. The molecule has 2 aromatic rings. The Hall–Kier alpha value is -2.41. The van der Waals surface area contributed by atoms with E-state index < -0.39 is 36.2 Å². The van der Waals surface area contributed by atoms with Crippen molar-refractivity contribution in [2.24, 2.45) is 0 Å². The first-order valence-corrected chi connectivity index (χ1v) is 6.90. The third-order valence-electron chi connectivity index (χ3n) is 2.91. The summed E-state index contributed by atoms with van der Waals surface area (Å²) in [7, 11) is 0. The van der Waals surface area contributed by atoms with Crippen molar-refractivity contribution in [3.63, 3.8) is 0 Å². The molecule has 1 amide bonds. The maximum absolute atomic E-state index is 13.1. The van der Waals surface area contributed by atoms with Gasteiger partial charge in [0.25, 0.3) is 5.91 Å². The van der Waals surface area contributed by atoms with E-state index in [1.54, 1.807) is 19.1 Å². The lowest BCUT2D eigenvalue weighted by Crippen LogP contribution is -2.31. The molecule has 0 fully saturated rings. The van der Waals surface area contributed by atoms with Crippen molar-refractivity contribution in [1.29, 1.82) is 0 Å². The molecule has 0 saturated carbocycles. The number of hydrogen-bond donors (Lipinski definition) is 1. The molecular weight excluding hydrogens is 332 g/mol. The highest BCUT2D eigenvalue weighted by atomic mass is 35.5. The van der Waals surface area contributed by atoms with Crippen LogP contribution in [-0.2, 0) is 9.53 Å². The standard InChI is InChI=1S/C15H12ClF2NO4/c1-8(13-3-2-4-22-13)19-14(20)7-23-15(21)9-5-11(17)12(18)6-10(9)16/h2-6,8H,7H2,1H3,(H,19,20)/t8-/m0/s1. The molecule has 0 radical (unpaired) electrons. The molecule has 0 spiro atoms. The lowest BCUT2D eigenvalue weighted by Gasteiger charge is -2.12. The second kappa shape index (κ2) is 7.23. The Bertz CT molecular complexity index is 719. The van der Waals surface area contributed by atoms with Crippen LogP contribution in [0.25, 0.3) is 0 Å². The van der Waals surface area contributed by atoms with Gasteiger partial charge in [0.1, 0.15) is 5.76 Å². The van der Waals surface area contributed by atoms with E-state index in [4.69, 9.17) is 20.8 Å². The van der Waals surface area contributed by atoms with Gasteiger partial charge in [0.15, 0.2) is 18.2 Å². The Labute approximate surface area is 135 Å². The van der Waals surface area contributed by atoms with E-state index in [0.29, 0.717) is 17.9 Å². The van der Waals surface area contributed by atoms with E-state index in [2.05, 4.69) is 5.32 Å². The van der Waals surface area contributed by atoms with Gasteiger partial charge in [0.05, 0.1) is 22.9 Å². The number of carbonyl (C=O) groups excluding carboxylic acids is 2. The van der Waals surface area contributed by atoms with Gasteiger partial charge in [-0.15, -0.1) is 0 Å². The van der Waals surface area contributed by atoms with Crippen LogP contribution in [0.3, 0.4) is 0 Å². The quantitative estimate of drug-likeness (QED) is 0.668. The molecule has 0 aliphatic rings. The average Bonchev–Trinajstić information content (AvgIpc) is 3.03. The van der Waals surface area contributed by atoms with Crippen LogP contribution in [0.2, 0.25) is 5.02 Å². The average molecular weight is 344 g/mol. The van der Waals surface area contributed by atoms with Gasteiger partial charge in [-0.1, -0.05) is 11.6 Å². The summed E-state index contributed by atoms with van der Waals surface area (Å²) >= 11 is 5.64. The molecule has 23 heavy (non-hydrogen) atoms. The van der Waals surface area contributed by atoms with E-state index in [0.717, 1.165) is 0 Å². The number of hydrogen-bond acceptors (Lipinski definition) is 4. The molecular formula is C15H12ClF2NO4. The first-order chi connectivity index (χ1) is 10.9. The van der Waals surface area contributed by atoms with E-state index in [-0.39, 0.29) is 10.6 Å². The number of benzene rings is 1. The molecule has 0 aliphatic carbocycles. The summed E-state index contributed by atoms with van der Waals surface area (Å²) in [6.45, 7) is 1.09. The zero-order valence-corrected chi connectivity index (χ0v) is 12.7. The smallest absolute Gasteiger partial charge is 0.340 e. The number of nitrogens with one attached hydrogen (secondary N) is 1. The normalized spacial score (nSPS) is 11.8. The Kier molecular flexibility index (Phi) is 5.33. The van der Waals surface area contributed by atoms with E-state index >= 15 is 0 Å². The molecule has 0 saturated heterocycles. The monoisotopic (exact) mass is 343 g/mol. The maximum atomic E-state index is 13.1. The van der Waals surface area contributed by atoms with Crippen LogP contribution in [0.5, 0.6) is 0 Å². The minimum Gasteiger partial charge on any atom is -0.467 e. The SMILES string of the molecule is C[C@H](NC(=O)COC(=O)c1cc(F)c(F)cc1Cl)c1ccco1. The number of esters is 1. The molecule has 1 heterocycles. The first-order valence-electron chi connectivity index (χ1n) is 6.53. The molecule has 1 aromatic carbocycles. The molecule has 5 nitrogen and oxygen atoms in total. The highest BCUT2D eigenvalue weighted by Gasteiger charge is 2.18. The number of amides is 1. The lowest BCUT2D eigenvalue weighted by atomic mass is 10.2. The number of furan rings is 1. The fourth-order valence-electron chi connectivity index (χ4n) is 1.78. The zero-order valence-electron chi connectivity index (χ0n) is 11.9. The highest BCUT2D eigenvalue weighted by molar-refractivity contribution is 6.33. The van der Waals surface area contributed by atoms with Crippen LogP contribution < -0.4 is 5.32 Å². The summed E-state index contributed by atoms with van der Waals surface area (Å²) < 4.78 is 35.9. The van der Waals surface area contributed by atoms with Gasteiger partial charge >= 0.3 is 5.97 Å². The summed E-state index contributed by atoms with van der Waals surface area (Å²) in [5.41, 5.74) is -0.363. The predicted molar refractivity (Wildman–Crippen MR) is 76.9 cm³/mol. The minimum absolute atomic E-state index is 0.307. The van der Waals surface area contributed by atoms with Crippen molar-refractivity contribution >= 4 is 23.5 Å². The van der Waals surface area contributed by atoms with Gasteiger partial charge < -0.3 is 14.5 Å². The van der Waals surface area contributed by atoms with E-state index in [1.165, 1.54) is 6.26 Å². The molecule has 0 aliphatic heterocycles. The van der Waals surface area contributed by atoms with Gasteiger partial charge in [-0.2, -0.15) is 0 Å². The van der Waals surface area contributed by atoms with Gasteiger partial charge in [-0.25, -0.2) is 13.6 Å². The predicted octanol–water partition coefficient (Wildman–Crippen LogP) is 3.25. The van der Waals surface area contributed by atoms with Gasteiger partial charge in [0.2, 0.25) is 0 Å². The van der Waals surface area contributed by atoms with Gasteiger partial charge in [-0.05, 0) is 31.2 Å². The molecule has 0 bridgehead atoms. The van der Waals surface area contributed by atoms with Crippen LogP contribution >= 0.6 is 11.6 Å². The summed E-state index contributed by atoms with van der Waals surface area (Å²) in [5, 5.41) is 2.24. The molecule has 2 rings (SSSR count). The molecule has 1 aromatic heterocycles. The van der Waals surface area contributed by atoms with Gasteiger partial charge in [0, 0.05) is 0 Å². The number of carbonyl (C=O) groups is 2. The second-order valence-electron chi connectivity index (χ2n) is 4.63. The van der Waals surface area contributed by atoms with Crippen molar-refractivity contribution in [1.82, 2.24) is 5.32 Å². The highest BCUT2D eigenvalue weighted by Crippen LogP contribution is 2.20. The summed E-state index contributed by atoms with van der Waals surface area (Å²) in [6, 6.07) is 4.21. The van der Waals surface area contributed by atoms with Crippen molar-refractivity contribution in [3.05, 3.63) is 58.5 Å².